The molecule has 1 heterocycles. The van der Waals surface area contributed by atoms with Gasteiger partial charge in [-0.05, 0) is 39.8 Å². The molecule has 0 atom stereocenters. The van der Waals surface area contributed by atoms with Crippen molar-refractivity contribution in [3.8, 4) is 0 Å². The summed E-state index contributed by atoms with van der Waals surface area (Å²) in [6, 6.07) is 0.769. The van der Waals surface area contributed by atoms with Gasteiger partial charge < -0.3 is 4.90 Å². The Hall–Kier alpha value is 0.540. The van der Waals surface area contributed by atoms with Crippen LogP contribution < -0.4 is 0 Å². The molecule has 0 radical (unpaired) electrons. The zero-order valence-electron chi connectivity index (χ0n) is 7.38. The third-order valence-corrected chi connectivity index (χ3v) is 2.12. The van der Waals surface area contributed by atoms with E-state index in [1.54, 1.807) is 0 Å². The van der Waals surface area contributed by atoms with Gasteiger partial charge in [-0.15, -0.1) is 24.8 Å². The summed E-state index contributed by atoms with van der Waals surface area (Å²) in [5.74, 6) is 0. The Morgan fingerprint density at radius 3 is 1.64 bits per heavy atom. The zero-order valence-corrected chi connectivity index (χ0v) is 9.01. The van der Waals surface area contributed by atoms with Gasteiger partial charge in [0.2, 0.25) is 0 Å². The number of likely N-dealkylation sites (tertiary alicyclic amines) is 1. The lowest BCUT2D eigenvalue weighted by atomic mass is 10.1. The van der Waals surface area contributed by atoms with Gasteiger partial charge in [-0.3, -0.25) is 0 Å². The van der Waals surface area contributed by atoms with E-state index in [0.29, 0.717) is 0 Å². The third kappa shape index (κ3) is 4.89. The van der Waals surface area contributed by atoms with Crippen LogP contribution >= 0.6 is 24.8 Å². The van der Waals surface area contributed by atoms with Crippen LogP contribution in [0.3, 0.4) is 0 Å². The molecule has 1 saturated heterocycles. The van der Waals surface area contributed by atoms with Crippen molar-refractivity contribution in [1.82, 2.24) is 4.90 Å². The molecular weight excluding hydrogens is 181 g/mol. The van der Waals surface area contributed by atoms with Gasteiger partial charge in [0.05, 0.1) is 0 Å². The molecular formula is C8H19Cl2N. The average Bonchev–Trinajstić information content (AvgIpc) is 1.90. The van der Waals surface area contributed by atoms with Crippen molar-refractivity contribution in [2.45, 2.75) is 39.2 Å². The molecule has 0 aliphatic carbocycles. The Balaban J connectivity index is 0. The predicted molar refractivity (Wildman–Crippen MR) is 55.1 cm³/mol. The third-order valence-electron chi connectivity index (χ3n) is 2.12. The highest BCUT2D eigenvalue weighted by molar-refractivity contribution is 5.85. The fourth-order valence-electron chi connectivity index (χ4n) is 1.43. The average molecular weight is 200 g/mol. The maximum Gasteiger partial charge on any atom is 0.00385 e. The molecule has 0 unspecified atom stereocenters. The van der Waals surface area contributed by atoms with Gasteiger partial charge >= 0.3 is 0 Å². The molecule has 1 aliphatic rings. The van der Waals surface area contributed by atoms with Crippen molar-refractivity contribution in [1.29, 1.82) is 0 Å². The van der Waals surface area contributed by atoms with Crippen LogP contribution in [-0.4, -0.2) is 24.0 Å². The van der Waals surface area contributed by atoms with Crippen LogP contribution in [0.4, 0.5) is 0 Å². The Labute approximate surface area is 82.4 Å². The minimum Gasteiger partial charge on any atom is -0.301 e. The SMILES string of the molecule is CC(C)N1CCCCC1.Cl.Cl. The lowest BCUT2D eigenvalue weighted by molar-refractivity contribution is 0.185. The number of hydrogen-bond donors (Lipinski definition) is 0. The van der Waals surface area contributed by atoms with E-state index >= 15 is 0 Å². The van der Waals surface area contributed by atoms with Crippen molar-refractivity contribution in [2.75, 3.05) is 13.1 Å². The van der Waals surface area contributed by atoms with E-state index in [4.69, 9.17) is 0 Å². The highest BCUT2D eigenvalue weighted by atomic mass is 35.5. The van der Waals surface area contributed by atoms with Gasteiger partial charge in [0, 0.05) is 6.04 Å². The molecule has 1 fully saturated rings. The molecule has 11 heavy (non-hydrogen) atoms. The first-order chi connectivity index (χ1) is 4.30. The monoisotopic (exact) mass is 199 g/mol. The van der Waals surface area contributed by atoms with Crippen molar-refractivity contribution in [3.63, 3.8) is 0 Å². The van der Waals surface area contributed by atoms with Crippen LogP contribution in [0.2, 0.25) is 0 Å². The van der Waals surface area contributed by atoms with E-state index in [1.165, 1.54) is 32.4 Å². The maximum absolute atomic E-state index is 2.56. The summed E-state index contributed by atoms with van der Waals surface area (Å²) in [6.07, 6.45) is 4.28. The number of nitrogens with zero attached hydrogens (tertiary/aromatic N) is 1. The first-order valence-electron chi connectivity index (χ1n) is 4.05. The molecule has 0 saturated carbocycles. The highest BCUT2D eigenvalue weighted by Crippen LogP contribution is 2.10. The van der Waals surface area contributed by atoms with Gasteiger partial charge in [0.1, 0.15) is 0 Å². The fourth-order valence-corrected chi connectivity index (χ4v) is 1.43. The minimum absolute atomic E-state index is 0. The Kier molecular flexibility index (Phi) is 9.22. The lowest BCUT2D eigenvalue weighted by Crippen LogP contribution is -2.35. The van der Waals surface area contributed by atoms with Crippen LogP contribution in [0.1, 0.15) is 33.1 Å². The Morgan fingerprint density at radius 1 is 0.909 bits per heavy atom. The van der Waals surface area contributed by atoms with Gasteiger partial charge in [0.15, 0.2) is 0 Å². The quantitative estimate of drug-likeness (QED) is 0.629. The predicted octanol–water partition coefficient (Wildman–Crippen LogP) is 2.72. The zero-order chi connectivity index (χ0) is 6.69. The Morgan fingerprint density at radius 2 is 1.36 bits per heavy atom. The largest absolute Gasteiger partial charge is 0.301 e. The van der Waals surface area contributed by atoms with Crippen LogP contribution in [0.5, 0.6) is 0 Å². The summed E-state index contributed by atoms with van der Waals surface area (Å²) in [4.78, 5) is 2.56. The van der Waals surface area contributed by atoms with E-state index in [0.717, 1.165) is 6.04 Å². The molecule has 1 nitrogen and oxygen atoms in total. The van der Waals surface area contributed by atoms with E-state index in [-0.39, 0.29) is 24.8 Å². The molecule has 1 aliphatic heterocycles. The molecule has 0 amide bonds. The van der Waals surface area contributed by atoms with Crippen molar-refractivity contribution in [3.05, 3.63) is 0 Å². The molecule has 0 spiro atoms. The second-order valence-corrected chi connectivity index (χ2v) is 3.19. The second-order valence-electron chi connectivity index (χ2n) is 3.19. The first-order valence-corrected chi connectivity index (χ1v) is 4.05. The molecule has 70 valence electrons. The van der Waals surface area contributed by atoms with Gasteiger partial charge in [0.25, 0.3) is 0 Å². The molecule has 0 aromatic heterocycles. The maximum atomic E-state index is 2.56. The number of piperidine rings is 1. The number of rotatable bonds is 1. The first kappa shape index (κ1) is 14.1. The summed E-state index contributed by atoms with van der Waals surface area (Å²) in [5.41, 5.74) is 0. The highest BCUT2D eigenvalue weighted by Gasteiger charge is 2.11. The van der Waals surface area contributed by atoms with Gasteiger partial charge in [-0.1, -0.05) is 6.42 Å². The fraction of sp³-hybridized carbons (Fsp3) is 1.00. The standard InChI is InChI=1S/C8H17N.2ClH/c1-8(2)9-6-4-3-5-7-9;;/h8H,3-7H2,1-2H3;2*1H. The van der Waals surface area contributed by atoms with Crippen LogP contribution in [-0.2, 0) is 0 Å². The summed E-state index contributed by atoms with van der Waals surface area (Å²) in [7, 11) is 0. The lowest BCUT2D eigenvalue weighted by Gasteiger charge is -2.29. The summed E-state index contributed by atoms with van der Waals surface area (Å²) in [6.45, 7) is 7.23. The summed E-state index contributed by atoms with van der Waals surface area (Å²) in [5, 5.41) is 0. The molecule has 0 N–H and O–H groups in total. The molecule has 0 bridgehead atoms. The molecule has 0 aromatic carbocycles. The molecule has 0 aromatic rings. The smallest absolute Gasteiger partial charge is 0.00385 e. The molecule has 1 rings (SSSR count). The van der Waals surface area contributed by atoms with E-state index in [9.17, 15) is 0 Å². The van der Waals surface area contributed by atoms with E-state index < -0.39 is 0 Å². The Bertz CT molecular complexity index is 80.2. The minimum atomic E-state index is 0. The van der Waals surface area contributed by atoms with Gasteiger partial charge in [-0.25, -0.2) is 0 Å². The van der Waals surface area contributed by atoms with Crippen LogP contribution in [0, 0.1) is 0 Å². The van der Waals surface area contributed by atoms with Crippen molar-refractivity contribution < 1.29 is 0 Å². The van der Waals surface area contributed by atoms with Crippen LogP contribution in [0.15, 0.2) is 0 Å². The van der Waals surface area contributed by atoms with E-state index in [1.807, 2.05) is 0 Å². The van der Waals surface area contributed by atoms with Crippen molar-refractivity contribution >= 4 is 24.8 Å². The normalized spacial score (nSPS) is 18.8. The molecule has 3 heteroatoms. The van der Waals surface area contributed by atoms with Crippen LogP contribution in [0.25, 0.3) is 0 Å². The van der Waals surface area contributed by atoms with E-state index in [2.05, 4.69) is 18.7 Å². The summed E-state index contributed by atoms with van der Waals surface area (Å²) >= 11 is 0. The number of halogens is 2. The number of hydrogen-bond acceptors (Lipinski definition) is 1. The summed E-state index contributed by atoms with van der Waals surface area (Å²) < 4.78 is 0. The van der Waals surface area contributed by atoms with Crippen molar-refractivity contribution in [2.24, 2.45) is 0 Å². The topological polar surface area (TPSA) is 3.24 Å². The second kappa shape index (κ2) is 7.20. The van der Waals surface area contributed by atoms with Gasteiger partial charge in [-0.2, -0.15) is 0 Å².